The Hall–Kier alpha value is -0.760. The highest BCUT2D eigenvalue weighted by molar-refractivity contribution is 7.87. The first kappa shape index (κ1) is 17.3. The number of carboxylic acids is 1. The van der Waals surface area contributed by atoms with Gasteiger partial charge >= 0.3 is 11.9 Å². The Balaban J connectivity index is 3.04. The quantitative estimate of drug-likeness (QED) is 0.761. The fraction of sp³-hybridized carbons (Fsp3) is 0.917. The van der Waals surface area contributed by atoms with Crippen molar-refractivity contribution in [3.05, 3.63) is 0 Å². The van der Waals surface area contributed by atoms with Crippen molar-refractivity contribution in [2.45, 2.75) is 63.2 Å². The third-order valence-electron chi connectivity index (χ3n) is 3.54. The summed E-state index contributed by atoms with van der Waals surface area (Å²) < 4.78 is 55.6. The van der Waals surface area contributed by atoms with Gasteiger partial charge in [-0.05, 0) is 32.6 Å². The van der Waals surface area contributed by atoms with Gasteiger partial charge < -0.3 is 5.11 Å². The molecule has 1 fully saturated rings. The predicted octanol–water partition coefficient (Wildman–Crippen LogP) is 2.41. The third-order valence-corrected chi connectivity index (χ3v) is 5.17. The van der Waals surface area contributed by atoms with E-state index in [0.29, 0.717) is 25.7 Å². The summed E-state index contributed by atoms with van der Waals surface area (Å²) >= 11 is 0. The lowest BCUT2D eigenvalue weighted by Crippen LogP contribution is -2.49. The van der Waals surface area contributed by atoms with Crippen LogP contribution in [0.5, 0.6) is 0 Å². The second-order valence-electron chi connectivity index (χ2n) is 5.38. The zero-order valence-electron chi connectivity index (χ0n) is 11.5. The molecule has 1 N–H and O–H groups in total. The Labute approximate surface area is 117 Å². The monoisotopic (exact) mass is 314 g/mol. The second kappa shape index (κ2) is 6.34. The molecule has 0 saturated heterocycles. The Morgan fingerprint density at radius 1 is 1.25 bits per heavy atom. The summed E-state index contributed by atoms with van der Waals surface area (Å²) in [4.78, 5) is 10.7. The summed E-state index contributed by atoms with van der Waals surface area (Å²) in [6.07, 6.45) is 0.776. The average Bonchev–Trinajstić information content (AvgIpc) is 2.36. The van der Waals surface area contributed by atoms with Crippen LogP contribution in [0.3, 0.4) is 0 Å². The fourth-order valence-corrected chi connectivity index (χ4v) is 3.04. The molecule has 118 valence electrons. The van der Waals surface area contributed by atoms with E-state index in [-0.39, 0.29) is 0 Å². The van der Waals surface area contributed by atoms with Gasteiger partial charge in [0.15, 0.2) is 6.10 Å². The molecule has 8 heteroatoms. The lowest BCUT2D eigenvalue weighted by atomic mass is 9.83. The van der Waals surface area contributed by atoms with E-state index in [1.807, 2.05) is 0 Å². The lowest BCUT2D eigenvalue weighted by Gasteiger charge is -2.33. The van der Waals surface area contributed by atoms with Crippen LogP contribution >= 0.6 is 0 Å². The molecule has 5 nitrogen and oxygen atoms in total. The molecule has 1 rings (SSSR count). The number of aliphatic carboxylic acids is 1. The highest BCUT2D eigenvalue weighted by Crippen LogP contribution is 2.37. The summed E-state index contributed by atoms with van der Waals surface area (Å²) in [6, 6.07) is 0. The van der Waals surface area contributed by atoms with Crippen LogP contribution < -0.4 is 0 Å². The smallest absolute Gasteiger partial charge is 0.377 e. The van der Waals surface area contributed by atoms with Crippen molar-refractivity contribution in [2.75, 3.05) is 0 Å². The maximum atomic E-state index is 13.8. The Bertz CT molecular complexity index is 441. The largest absolute Gasteiger partial charge is 0.477 e. The summed E-state index contributed by atoms with van der Waals surface area (Å²) in [7, 11) is -4.21. The lowest BCUT2D eigenvalue weighted by molar-refractivity contribution is -0.185. The van der Waals surface area contributed by atoms with Gasteiger partial charge in [0.05, 0.1) is 5.25 Å². The minimum atomic E-state index is -4.22. The van der Waals surface area contributed by atoms with Gasteiger partial charge in [0.1, 0.15) is 0 Å². The molecular weight excluding hydrogens is 294 g/mol. The van der Waals surface area contributed by atoms with E-state index in [4.69, 9.17) is 5.11 Å². The van der Waals surface area contributed by atoms with Crippen molar-refractivity contribution in [1.29, 1.82) is 0 Å². The number of halogens is 2. The van der Waals surface area contributed by atoms with E-state index in [1.165, 1.54) is 13.8 Å². The van der Waals surface area contributed by atoms with E-state index in [2.05, 4.69) is 4.18 Å². The van der Waals surface area contributed by atoms with Crippen molar-refractivity contribution in [3.8, 4) is 0 Å². The van der Waals surface area contributed by atoms with Crippen molar-refractivity contribution < 1.29 is 31.3 Å². The topological polar surface area (TPSA) is 80.7 Å². The molecule has 20 heavy (non-hydrogen) atoms. The van der Waals surface area contributed by atoms with Gasteiger partial charge in [-0.3, -0.25) is 4.18 Å². The molecule has 1 unspecified atom stereocenters. The molecule has 1 atom stereocenters. The maximum absolute atomic E-state index is 13.8. The van der Waals surface area contributed by atoms with E-state index >= 15 is 0 Å². The number of hydrogen-bond acceptors (Lipinski definition) is 4. The molecule has 0 spiro atoms. The minimum Gasteiger partial charge on any atom is -0.477 e. The maximum Gasteiger partial charge on any atom is 0.377 e. The number of carboxylic acid groups (broad SMARTS) is 1. The van der Waals surface area contributed by atoms with Crippen molar-refractivity contribution in [2.24, 2.45) is 5.92 Å². The highest BCUT2D eigenvalue weighted by atomic mass is 32.2. The summed E-state index contributed by atoms with van der Waals surface area (Å²) in [5.74, 6) is -7.33. The van der Waals surface area contributed by atoms with Crippen LogP contribution in [0.25, 0.3) is 0 Å². The van der Waals surface area contributed by atoms with Crippen LogP contribution in [-0.2, 0) is 19.1 Å². The van der Waals surface area contributed by atoms with Gasteiger partial charge in [-0.15, -0.1) is 0 Å². The fourth-order valence-electron chi connectivity index (χ4n) is 2.25. The molecule has 1 aliphatic carbocycles. The predicted molar refractivity (Wildman–Crippen MR) is 68.1 cm³/mol. The van der Waals surface area contributed by atoms with Crippen molar-refractivity contribution >= 4 is 16.1 Å². The van der Waals surface area contributed by atoms with Gasteiger partial charge in [0, 0.05) is 0 Å². The Kier molecular flexibility index (Phi) is 5.48. The minimum absolute atomic E-state index is 0.348. The van der Waals surface area contributed by atoms with Crippen LogP contribution in [0.1, 0.15) is 46.0 Å². The third kappa shape index (κ3) is 3.88. The van der Waals surface area contributed by atoms with Crippen LogP contribution in [-0.4, -0.2) is 36.8 Å². The SMILES string of the molecule is CC(C)S(=O)(=O)OC(C1CCCCC1)C(F)(F)C(=O)O. The molecular formula is C12H20F2O5S. The Morgan fingerprint density at radius 2 is 1.75 bits per heavy atom. The Morgan fingerprint density at radius 3 is 2.15 bits per heavy atom. The van der Waals surface area contributed by atoms with Crippen molar-refractivity contribution in [1.82, 2.24) is 0 Å². The summed E-state index contributed by atoms with van der Waals surface area (Å²) in [6.45, 7) is 2.60. The molecule has 0 aromatic heterocycles. The normalized spacial score (nSPS) is 20.1. The molecule has 1 saturated carbocycles. The van der Waals surface area contributed by atoms with Gasteiger partial charge in [-0.25, -0.2) is 4.79 Å². The van der Waals surface area contributed by atoms with Gasteiger partial charge in [0.25, 0.3) is 10.1 Å². The van der Waals surface area contributed by atoms with E-state index in [9.17, 15) is 22.0 Å². The van der Waals surface area contributed by atoms with Crippen LogP contribution in [0.15, 0.2) is 0 Å². The van der Waals surface area contributed by atoms with Gasteiger partial charge in [-0.2, -0.15) is 17.2 Å². The zero-order chi connectivity index (χ0) is 15.6. The van der Waals surface area contributed by atoms with Crippen LogP contribution in [0.2, 0.25) is 0 Å². The molecule has 0 bridgehead atoms. The number of carbonyl (C=O) groups is 1. The molecule has 0 radical (unpaired) electrons. The molecule has 0 amide bonds. The van der Waals surface area contributed by atoms with E-state index in [1.54, 1.807) is 0 Å². The van der Waals surface area contributed by atoms with Crippen LogP contribution in [0, 0.1) is 5.92 Å². The first-order valence-corrected chi connectivity index (χ1v) is 8.09. The number of hydrogen-bond donors (Lipinski definition) is 1. The van der Waals surface area contributed by atoms with Gasteiger partial charge in [-0.1, -0.05) is 19.3 Å². The second-order valence-corrected chi connectivity index (χ2v) is 7.51. The zero-order valence-corrected chi connectivity index (χ0v) is 12.3. The van der Waals surface area contributed by atoms with Crippen molar-refractivity contribution in [3.63, 3.8) is 0 Å². The molecule has 0 heterocycles. The van der Waals surface area contributed by atoms with Crippen LogP contribution in [0.4, 0.5) is 8.78 Å². The standard InChI is InChI=1S/C12H20F2O5S/c1-8(2)20(17,18)19-10(12(13,14)11(15)16)9-6-4-3-5-7-9/h8-10H,3-7H2,1-2H3,(H,15,16). The molecule has 1 aliphatic rings. The first-order valence-electron chi connectivity index (χ1n) is 6.62. The average molecular weight is 314 g/mol. The van der Waals surface area contributed by atoms with E-state index in [0.717, 1.165) is 6.42 Å². The molecule has 0 aliphatic heterocycles. The summed E-state index contributed by atoms with van der Waals surface area (Å²) in [5, 5.41) is 7.65. The highest BCUT2D eigenvalue weighted by Gasteiger charge is 2.54. The van der Waals surface area contributed by atoms with E-state index < -0.39 is 39.3 Å². The number of alkyl halides is 2. The first-order chi connectivity index (χ1) is 9.09. The number of rotatable bonds is 6. The summed E-state index contributed by atoms with van der Waals surface area (Å²) in [5.41, 5.74) is 0. The molecule has 0 aromatic carbocycles. The van der Waals surface area contributed by atoms with Gasteiger partial charge in [0.2, 0.25) is 0 Å². The molecule has 0 aromatic rings.